The molecule has 2 aromatic carbocycles. The monoisotopic (exact) mass is 535 g/mol. The Morgan fingerprint density at radius 3 is 2.38 bits per heavy atom. The maximum Gasteiger partial charge on any atom is 0.191 e. The van der Waals surface area contributed by atoms with Crippen LogP contribution >= 0.6 is 24.0 Å². The molecule has 0 saturated heterocycles. The van der Waals surface area contributed by atoms with Gasteiger partial charge in [-0.15, -0.1) is 24.0 Å². The molecule has 0 saturated carbocycles. The van der Waals surface area contributed by atoms with Crippen LogP contribution in [0.3, 0.4) is 0 Å². The van der Waals surface area contributed by atoms with E-state index in [0.29, 0.717) is 30.4 Å². The van der Waals surface area contributed by atoms with Crippen LogP contribution in [0.25, 0.3) is 0 Å². The van der Waals surface area contributed by atoms with E-state index >= 15 is 0 Å². The zero-order valence-corrected chi connectivity index (χ0v) is 19.8. The normalized spacial score (nSPS) is 12.6. The van der Waals surface area contributed by atoms with Crippen molar-refractivity contribution in [3.05, 3.63) is 59.9 Å². The zero-order valence-electron chi connectivity index (χ0n) is 16.7. The predicted octanol–water partition coefficient (Wildman–Crippen LogP) is 3.02. The average molecular weight is 535 g/mol. The number of para-hydroxylation sites is 1. The van der Waals surface area contributed by atoms with Gasteiger partial charge in [-0.3, -0.25) is 4.99 Å². The SMILES string of the molecule is CN=C(NCCc1ccc(S(C)(=O)=O)cc1)NCC(C)Oc1ccccc1F.I. The molecule has 0 amide bonds. The lowest BCUT2D eigenvalue weighted by Crippen LogP contribution is -2.42. The van der Waals surface area contributed by atoms with E-state index in [2.05, 4.69) is 15.6 Å². The van der Waals surface area contributed by atoms with Gasteiger partial charge in [-0.1, -0.05) is 24.3 Å². The maximum absolute atomic E-state index is 13.6. The van der Waals surface area contributed by atoms with Crippen LogP contribution < -0.4 is 15.4 Å². The maximum atomic E-state index is 13.6. The summed E-state index contributed by atoms with van der Waals surface area (Å²) in [6.45, 7) is 2.92. The van der Waals surface area contributed by atoms with E-state index in [1.165, 1.54) is 12.3 Å². The van der Waals surface area contributed by atoms with Crippen molar-refractivity contribution in [1.29, 1.82) is 0 Å². The number of ether oxygens (including phenoxy) is 1. The standard InChI is InChI=1S/C20H26FN3O3S.HI/c1-15(27-19-7-5-4-6-18(19)21)14-24-20(22-2)23-13-12-16-8-10-17(11-9-16)28(3,25)26;/h4-11,15H,12-14H2,1-3H3,(H2,22,23,24);1H. The third kappa shape index (κ3) is 8.57. The number of benzene rings is 2. The van der Waals surface area contributed by atoms with E-state index in [0.717, 1.165) is 5.56 Å². The first-order chi connectivity index (χ1) is 13.3. The summed E-state index contributed by atoms with van der Waals surface area (Å²) in [5.41, 5.74) is 1.02. The van der Waals surface area contributed by atoms with Crippen molar-refractivity contribution in [2.45, 2.75) is 24.3 Å². The minimum absolute atomic E-state index is 0. The first-order valence-electron chi connectivity index (χ1n) is 8.94. The minimum Gasteiger partial charge on any atom is -0.486 e. The van der Waals surface area contributed by atoms with Gasteiger partial charge in [0.1, 0.15) is 6.10 Å². The van der Waals surface area contributed by atoms with Crippen molar-refractivity contribution >= 4 is 39.8 Å². The molecule has 1 atom stereocenters. The molecule has 0 aliphatic rings. The molecular weight excluding hydrogens is 508 g/mol. The zero-order chi connectivity index (χ0) is 20.6. The second-order valence-corrected chi connectivity index (χ2v) is 8.42. The molecule has 2 rings (SSSR count). The molecule has 0 fully saturated rings. The number of halogens is 2. The summed E-state index contributed by atoms with van der Waals surface area (Å²) < 4.78 is 42.2. The first kappa shape index (κ1) is 25.2. The Morgan fingerprint density at radius 2 is 1.79 bits per heavy atom. The first-order valence-corrected chi connectivity index (χ1v) is 10.8. The van der Waals surface area contributed by atoms with Gasteiger partial charge in [-0.2, -0.15) is 0 Å². The van der Waals surface area contributed by atoms with E-state index in [-0.39, 0.29) is 35.8 Å². The molecular formula is C20H27FIN3O3S. The van der Waals surface area contributed by atoms with E-state index in [1.807, 2.05) is 6.92 Å². The van der Waals surface area contributed by atoms with Crippen molar-refractivity contribution in [3.8, 4) is 5.75 Å². The Kier molecular flexibility index (Phi) is 10.4. The lowest BCUT2D eigenvalue weighted by molar-refractivity contribution is 0.214. The fourth-order valence-corrected chi connectivity index (χ4v) is 3.12. The smallest absolute Gasteiger partial charge is 0.191 e. The molecule has 9 heteroatoms. The number of aliphatic imine (C=N–C) groups is 1. The van der Waals surface area contributed by atoms with Gasteiger partial charge in [0, 0.05) is 19.8 Å². The highest BCUT2D eigenvalue weighted by atomic mass is 127. The Labute approximate surface area is 188 Å². The van der Waals surface area contributed by atoms with E-state index in [4.69, 9.17) is 4.74 Å². The number of rotatable bonds is 8. The van der Waals surface area contributed by atoms with Gasteiger partial charge < -0.3 is 15.4 Å². The molecule has 0 aromatic heterocycles. The Balaban J connectivity index is 0.00000420. The fraction of sp³-hybridized carbons (Fsp3) is 0.350. The third-order valence-corrected chi connectivity index (χ3v) is 5.13. The van der Waals surface area contributed by atoms with Gasteiger partial charge in [0.25, 0.3) is 0 Å². The topological polar surface area (TPSA) is 79.8 Å². The van der Waals surface area contributed by atoms with Crippen molar-refractivity contribution < 1.29 is 17.5 Å². The second kappa shape index (κ2) is 12.0. The Hall–Kier alpha value is -1.88. The Bertz CT molecular complexity index is 905. The van der Waals surface area contributed by atoms with Crippen LogP contribution in [0.1, 0.15) is 12.5 Å². The summed E-state index contributed by atoms with van der Waals surface area (Å²) in [5, 5.41) is 6.32. The minimum atomic E-state index is -3.18. The lowest BCUT2D eigenvalue weighted by Gasteiger charge is -2.18. The van der Waals surface area contributed by atoms with Crippen molar-refractivity contribution in [3.63, 3.8) is 0 Å². The largest absolute Gasteiger partial charge is 0.486 e. The fourth-order valence-electron chi connectivity index (χ4n) is 2.49. The van der Waals surface area contributed by atoms with Crippen LogP contribution in [-0.4, -0.2) is 46.9 Å². The second-order valence-electron chi connectivity index (χ2n) is 6.40. The molecule has 1 unspecified atom stereocenters. The number of nitrogens with zero attached hydrogens (tertiary/aromatic N) is 1. The summed E-state index contributed by atoms with van der Waals surface area (Å²) in [5.74, 6) is 0.438. The average Bonchev–Trinajstić information content (AvgIpc) is 2.66. The lowest BCUT2D eigenvalue weighted by atomic mass is 10.1. The summed E-state index contributed by atoms with van der Waals surface area (Å²) in [6, 6.07) is 13.1. The molecule has 2 N–H and O–H groups in total. The highest BCUT2D eigenvalue weighted by molar-refractivity contribution is 14.0. The number of hydrogen-bond donors (Lipinski definition) is 2. The molecule has 0 spiro atoms. The molecule has 6 nitrogen and oxygen atoms in total. The molecule has 160 valence electrons. The van der Waals surface area contributed by atoms with Crippen LogP contribution in [0.4, 0.5) is 4.39 Å². The molecule has 0 heterocycles. The predicted molar refractivity (Wildman–Crippen MR) is 125 cm³/mol. The Morgan fingerprint density at radius 1 is 1.14 bits per heavy atom. The summed E-state index contributed by atoms with van der Waals surface area (Å²) in [6.07, 6.45) is 1.65. The van der Waals surface area contributed by atoms with Crippen LogP contribution in [-0.2, 0) is 16.3 Å². The van der Waals surface area contributed by atoms with Crippen LogP contribution in [0.2, 0.25) is 0 Å². The van der Waals surface area contributed by atoms with Gasteiger partial charge in [0.05, 0.1) is 11.4 Å². The summed E-state index contributed by atoms with van der Waals surface area (Å²) >= 11 is 0. The van der Waals surface area contributed by atoms with Crippen molar-refractivity contribution in [2.75, 3.05) is 26.4 Å². The summed E-state index contributed by atoms with van der Waals surface area (Å²) in [7, 11) is -1.51. The van der Waals surface area contributed by atoms with Gasteiger partial charge in [0.15, 0.2) is 27.4 Å². The molecule has 0 bridgehead atoms. The van der Waals surface area contributed by atoms with E-state index in [1.54, 1.807) is 49.5 Å². The van der Waals surface area contributed by atoms with Gasteiger partial charge >= 0.3 is 0 Å². The molecule has 29 heavy (non-hydrogen) atoms. The number of nitrogens with one attached hydrogen (secondary N) is 2. The number of hydrogen-bond acceptors (Lipinski definition) is 4. The van der Waals surface area contributed by atoms with Crippen molar-refractivity contribution in [1.82, 2.24) is 10.6 Å². The van der Waals surface area contributed by atoms with Gasteiger partial charge in [0.2, 0.25) is 0 Å². The molecule has 0 radical (unpaired) electrons. The van der Waals surface area contributed by atoms with Gasteiger partial charge in [-0.05, 0) is 43.2 Å². The van der Waals surface area contributed by atoms with Gasteiger partial charge in [-0.25, -0.2) is 12.8 Å². The molecule has 0 aliphatic carbocycles. The quantitative estimate of drug-likeness (QED) is 0.309. The van der Waals surface area contributed by atoms with Crippen LogP contribution in [0.5, 0.6) is 5.75 Å². The van der Waals surface area contributed by atoms with E-state index < -0.39 is 15.7 Å². The number of guanidine groups is 1. The van der Waals surface area contributed by atoms with Crippen LogP contribution in [0.15, 0.2) is 58.4 Å². The highest BCUT2D eigenvalue weighted by Crippen LogP contribution is 2.16. The molecule has 2 aromatic rings. The van der Waals surface area contributed by atoms with Crippen LogP contribution in [0, 0.1) is 5.82 Å². The van der Waals surface area contributed by atoms with Crippen molar-refractivity contribution in [2.24, 2.45) is 4.99 Å². The third-order valence-electron chi connectivity index (χ3n) is 4.00. The molecule has 0 aliphatic heterocycles. The van der Waals surface area contributed by atoms with E-state index in [9.17, 15) is 12.8 Å². The summed E-state index contributed by atoms with van der Waals surface area (Å²) in [4.78, 5) is 4.46. The highest BCUT2D eigenvalue weighted by Gasteiger charge is 2.09. The number of sulfone groups is 1.